The lowest BCUT2D eigenvalue weighted by Crippen LogP contribution is -2.61. The van der Waals surface area contributed by atoms with E-state index in [1.165, 1.54) is 13.8 Å². The van der Waals surface area contributed by atoms with Crippen LogP contribution < -0.4 is 76.1 Å². The molecule has 1 aromatic rings. The number of nitrogens with one attached hydrogen (secondary N) is 10. The van der Waals surface area contributed by atoms with E-state index in [0.29, 0.717) is 18.4 Å². The summed E-state index contributed by atoms with van der Waals surface area (Å²) in [6.07, 6.45) is -2.03. The van der Waals surface area contributed by atoms with Crippen molar-refractivity contribution in [2.24, 2.45) is 34.8 Å². The Kier molecular flexibility index (Phi) is 28.6. The zero-order valence-electron chi connectivity index (χ0n) is 45.2. The lowest BCUT2D eigenvalue weighted by Gasteiger charge is -2.29. The first kappa shape index (κ1) is 65.9. The van der Waals surface area contributed by atoms with Gasteiger partial charge in [-0.05, 0) is 109 Å². The molecule has 21 N–H and O–H groups in total. The normalized spacial score (nSPS) is 25.0. The van der Waals surface area contributed by atoms with Crippen molar-refractivity contribution in [1.29, 1.82) is 0 Å². The topological polar surface area (TPSA) is 456 Å². The molecule has 0 radical (unpaired) electrons. The standard InChI is InChI=1S/C51H86N14O13/c1-27(2)25-37-47(74)59-32(15-20-52)42(69)58-35(18-23-55)46(73)64-39(28(3)66)49(76)56-24-19-36(45(72)57-33(16-21-53)44(71)63-38(48(75)62-37)26-30-11-7-5-8-12-30)60-43(70)34(17-22-54)61-50(77)40(29(4)67)65-51(78)41(68)31-13-9-6-10-14-31/h5,7-8,11-12,27-29,31-41,66-68H,6,9-10,13-26,52-55H2,1-4H3,(H,56,76)(H,57,72)(H,58,69)(H,59,74)(H,60,70)(H,61,77)(H,62,75)(H,63,71)(H,64,73)(H,65,78)/t28?,29?,32-,33-,34-,35-,36-,37-,38+,39-,40-,41?/m0/s1. The quantitative estimate of drug-likeness (QED) is 0.0545. The highest BCUT2D eigenvalue weighted by atomic mass is 16.3. The van der Waals surface area contributed by atoms with Crippen LogP contribution >= 0.6 is 0 Å². The first-order valence-electron chi connectivity index (χ1n) is 26.9. The Balaban J connectivity index is 2.09. The van der Waals surface area contributed by atoms with Crippen LogP contribution in [-0.4, -0.2) is 180 Å². The van der Waals surface area contributed by atoms with Gasteiger partial charge in [0.1, 0.15) is 60.5 Å². The maximum Gasteiger partial charge on any atom is 0.249 e. The third kappa shape index (κ3) is 21.5. The molecule has 3 unspecified atom stereocenters. The third-order valence-corrected chi connectivity index (χ3v) is 13.5. The smallest absolute Gasteiger partial charge is 0.249 e. The Labute approximate surface area is 455 Å². The lowest BCUT2D eigenvalue weighted by atomic mass is 9.85. The number of aliphatic hydroxyl groups excluding tert-OH is 3. The van der Waals surface area contributed by atoms with E-state index in [1.807, 2.05) is 0 Å². The fourth-order valence-electron chi connectivity index (χ4n) is 9.08. The Bertz CT molecular complexity index is 2150. The molecule has 27 nitrogen and oxygen atoms in total. The number of hydrogen-bond donors (Lipinski definition) is 17. The number of nitrogens with two attached hydrogens (primary N) is 4. The Morgan fingerprint density at radius 1 is 0.577 bits per heavy atom. The maximum absolute atomic E-state index is 14.4. The molecule has 1 aliphatic carbocycles. The minimum atomic E-state index is -1.67. The molecule has 1 heterocycles. The van der Waals surface area contributed by atoms with Crippen molar-refractivity contribution in [3.8, 4) is 0 Å². The van der Waals surface area contributed by atoms with Crippen LogP contribution in [0.15, 0.2) is 30.3 Å². The second-order valence-electron chi connectivity index (χ2n) is 20.4. The van der Waals surface area contributed by atoms with Gasteiger partial charge in [0.2, 0.25) is 59.1 Å². The average Bonchev–Trinajstić information content (AvgIpc) is 3.39. The minimum absolute atomic E-state index is 0.0541. The van der Waals surface area contributed by atoms with Crippen LogP contribution in [0.3, 0.4) is 0 Å². The van der Waals surface area contributed by atoms with E-state index in [0.717, 1.165) is 19.3 Å². The van der Waals surface area contributed by atoms with Gasteiger partial charge in [-0.1, -0.05) is 63.4 Å². The van der Waals surface area contributed by atoms with Crippen LogP contribution in [0.4, 0.5) is 0 Å². The third-order valence-electron chi connectivity index (χ3n) is 13.5. The molecule has 0 aromatic heterocycles. The molecule has 2 fully saturated rings. The molecule has 78 heavy (non-hydrogen) atoms. The van der Waals surface area contributed by atoms with Crippen molar-refractivity contribution >= 4 is 59.1 Å². The van der Waals surface area contributed by atoms with Gasteiger partial charge < -0.3 is 91.4 Å². The molecule has 1 saturated carbocycles. The molecule has 2 aliphatic rings. The average molecular weight is 1100 g/mol. The summed E-state index contributed by atoms with van der Waals surface area (Å²) in [6.45, 7) is 4.93. The van der Waals surface area contributed by atoms with Gasteiger partial charge in [-0.2, -0.15) is 0 Å². The summed E-state index contributed by atoms with van der Waals surface area (Å²) in [5.41, 5.74) is 24.1. The van der Waals surface area contributed by atoms with Crippen LogP contribution in [0.25, 0.3) is 0 Å². The molecule has 3 rings (SSSR count). The van der Waals surface area contributed by atoms with Crippen molar-refractivity contribution < 1.29 is 63.3 Å². The van der Waals surface area contributed by atoms with E-state index in [-0.39, 0.29) is 76.5 Å². The molecule has 27 heteroatoms. The second kappa shape index (κ2) is 33.8. The van der Waals surface area contributed by atoms with Gasteiger partial charge in [0.25, 0.3) is 0 Å². The van der Waals surface area contributed by atoms with Gasteiger partial charge in [-0.25, -0.2) is 0 Å². The largest absolute Gasteiger partial charge is 0.391 e. The molecule has 0 spiro atoms. The van der Waals surface area contributed by atoms with E-state index in [4.69, 9.17) is 22.9 Å². The van der Waals surface area contributed by atoms with Gasteiger partial charge in [0.15, 0.2) is 0 Å². The first-order valence-corrected chi connectivity index (χ1v) is 26.9. The Morgan fingerprint density at radius 2 is 1.08 bits per heavy atom. The van der Waals surface area contributed by atoms with E-state index in [1.54, 1.807) is 44.2 Å². The summed E-state index contributed by atoms with van der Waals surface area (Å²) in [6, 6.07) is -4.82. The van der Waals surface area contributed by atoms with Crippen LogP contribution in [0.2, 0.25) is 0 Å². The summed E-state index contributed by atoms with van der Waals surface area (Å²) in [7, 11) is 0. The fraction of sp³-hybridized carbons (Fsp3) is 0.686. The summed E-state index contributed by atoms with van der Waals surface area (Å²) in [5.74, 6) is -9.80. The molecule has 1 aliphatic heterocycles. The number of aliphatic hydroxyl groups is 3. The number of carbonyl (C=O) groups is 10. The monoisotopic (exact) mass is 1100 g/mol. The van der Waals surface area contributed by atoms with Crippen LogP contribution in [0.1, 0.15) is 104 Å². The van der Waals surface area contributed by atoms with Crippen molar-refractivity contribution in [2.75, 3.05) is 32.7 Å². The van der Waals surface area contributed by atoms with Gasteiger partial charge in [-0.15, -0.1) is 0 Å². The highest BCUT2D eigenvalue weighted by Crippen LogP contribution is 2.26. The van der Waals surface area contributed by atoms with E-state index in [9.17, 15) is 63.3 Å². The minimum Gasteiger partial charge on any atom is -0.391 e. The molecule has 438 valence electrons. The van der Waals surface area contributed by atoms with Crippen molar-refractivity contribution in [3.63, 3.8) is 0 Å². The van der Waals surface area contributed by atoms with Crippen LogP contribution in [0, 0.1) is 11.8 Å². The van der Waals surface area contributed by atoms with E-state index in [2.05, 4.69) is 53.2 Å². The maximum atomic E-state index is 14.4. The van der Waals surface area contributed by atoms with Gasteiger partial charge >= 0.3 is 0 Å². The molecule has 0 bridgehead atoms. The fourth-order valence-corrected chi connectivity index (χ4v) is 9.08. The predicted molar refractivity (Wildman–Crippen MR) is 285 cm³/mol. The SMILES string of the molecule is CC(C)C[C@@H]1NC(=O)[C@@H](Cc2ccccc2)NC(=O)[C@H](CCN)NC(=O)[C@@H](NC(=O)[C@H](CCN)NC(=O)[C@@H](NC(=O)C(O)C2CCCCC2)C(C)O)CCNC(=O)[C@H](C(C)O)NC(=O)[C@H](CCN)NC(=O)[C@H](CCN)NC1=O. The molecule has 10 amide bonds. The number of hydrogen-bond acceptors (Lipinski definition) is 17. The second-order valence-corrected chi connectivity index (χ2v) is 20.4. The number of benzene rings is 1. The number of rotatable bonds is 21. The van der Waals surface area contributed by atoms with E-state index >= 15 is 0 Å². The van der Waals surface area contributed by atoms with Crippen molar-refractivity contribution in [1.82, 2.24) is 53.2 Å². The summed E-state index contributed by atoms with van der Waals surface area (Å²) >= 11 is 0. The zero-order valence-corrected chi connectivity index (χ0v) is 45.2. The summed E-state index contributed by atoms with van der Waals surface area (Å²) < 4.78 is 0. The highest BCUT2D eigenvalue weighted by molar-refractivity contribution is 5.99. The Hall–Kier alpha value is -6.36. The molecule has 12 atom stereocenters. The Morgan fingerprint density at radius 3 is 1.59 bits per heavy atom. The molecular weight excluding hydrogens is 1020 g/mol. The lowest BCUT2D eigenvalue weighted by molar-refractivity contribution is -0.139. The number of amides is 10. The first-order chi connectivity index (χ1) is 37.0. The molecule has 1 aromatic carbocycles. The van der Waals surface area contributed by atoms with E-state index < -0.39 is 145 Å². The van der Waals surface area contributed by atoms with Gasteiger partial charge in [0, 0.05) is 13.0 Å². The van der Waals surface area contributed by atoms with Gasteiger partial charge in [-0.3, -0.25) is 47.9 Å². The summed E-state index contributed by atoms with van der Waals surface area (Å²) in [4.78, 5) is 140. The van der Waals surface area contributed by atoms with Gasteiger partial charge in [0.05, 0.1) is 12.2 Å². The predicted octanol–water partition coefficient (Wildman–Crippen LogP) is -5.74. The van der Waals surface area contributed by atoms with Crippen molar-refractivity contribution in [3.05, 3.63) is 35.9 Å². The summed E-state index contributed by atoms with van der Waals surface area (Å²) in [5, 5.41) is 57.5. The zero-order chi connectivity index (χ0) is 58.1. The highest BCUT2D eigenvalue weighted by Gasteiger charge is 2.38. The molecule has 1 saturated heterocycles. The van der Waals surface area contributed by atoms with Crippen LogP contribution in [-0.2, 0) is 54.4 Å². The van der Waals surface area contributed by atoms with Crippen molar-refractivity contribution in [2.45, 2.75) is 177 Å². The molecular formula is C51H86N14O13. The number of carbonyl (C=O) groups excluding carboxylic acids is 10. The van der Waals surface area contributed by atoms with Crippen LogP contribution in [0.5, 0.6) is 0 Å².